The first-order valence-corrected chi connectivity index (χ1v) is 10.9. The van der Waals surface area contributed by atoms with Gasteiger partial charge in [0.1, 0.15) is 0 Å². The minimum Gasteiger partial charge on any atom is -0.326 e. The Labute approximate surface area is 169 Å². The number of carbonyl (C=O) groups excluding carboxylic acids is 1. The number of hydrogen-bond acceptors (Lipinski definition) is 2. The van der Waals surface area contributed by atoms with Gasteiger partial charge in [-0.05, 0) is 74.2 Å². The highest BCUT2D eigenvalue weighted by Crippen LogP contribution is 2.39. The average molecular weight is 377 g/mol. The Balaban J connectivity index is 1.31. The number of anilines is 1. The average Bonchev–Trinajstić information content (AvgIpc) is 3.38. The van der Waals surface area contributed by atoms with E-state index in [0.29, 0.717) is 12.3 Å². The molecule has 2 fully saturated rings. The van der Waals surface area contributed by atoms with Gasteiger partial charge in [0.25, 0.3) is 0 Å². The smallest absolute Gasteiger partial charge is 0.228 e. The van der Waals surface area contributed by atoms with Crippen LogP contribution >= 0.6 is 0 Å². The number of carbonyl (C=O) groups is 1. The van der Waals surface area contributed by atoms with Crippen LogP contribution in [0.1, 0.15) is 62.5 Å². The number of nitrogens with one attached hydrogen (secondary N) is 1. The lowest BCUT2D eigenvalue weighted by Gasteiger charge is -2.30. The second kappa shape index (κ2) is 8.91. The maximum Gasteiger partial charge on any atom is 0.228 e. The van der Waals surface area contributed by atoms with E-state index in [1.54, 1.807) is 0 Å². The number of amides is 1. The molecule has 148 valence electrons. The molecule has 2 aromatic carbocycles. The fourth-order valence-electron chi connectivity index (χ4n) is 5.16. The van der Waals surface area contributed by atoms with Gasteiger partial charge in [0.05, 0.1) is 6.42 Å². The van der Waals surface area contributed by atoms with Crippen LogP contribution < -0.4 is 5.32 Å². The maximum atomic E-state index is 12.3. The van der Waals surface area contributed by atoms with Gasteiger partial charge < -0.3 is 5.32 Å². The molecular formula is C25H32N2O. The van der Waals surface area contributed by atoms with Crippen LogP contribution in [0, 0.1) is 0 Å². The highest BCUT2D eigenvalue weighted by molar-refractivity contribution is 5.92. The highest BCUT2D eigenvalue weighted by Gasteiger charge is 2.35. The quantitative estimate of drug-likeness (QED) is 0.734. The van der Waals surface area contributed by atoms with E-state index in [0.717, 1.165) is 23.3 Å². The fraction of sp³-hybridized carbons (Fsp3) is 0.480. The van der Waals surface area contributed by atoms with Crippen LogP contribution in [-0.4, -0.2) is 29.4 Å². The lowest BCUT2D eigenvalue weighted by atomic mass is 9.97. The van der Waals surface area contributed by atoms with Gasteiger partial charge in [-0.3, -0.25) is 9.69 Å². The minimum atomic E-state index is 0.0412. The van der Waals surface area contributed by atoms with Gasteiger partial charge in [0.15, 0.2) is 0 Å². The Morgan fingerprint density at radius 1 is 1.04 bits per heavy atom. The molecule has 1 N–H and O–H groups in total. The molecule has 3 nitrogen and oxygen atoms in total. The first kappa shape index (κ1) is 19.2. The Morgan fingerprint density at radius 3 is 2.57 bits per heavy atom. The summed E-state index contributed by atoms with van der Waals surface area (Å²) in [4.78, 5) is 15.0. The van der Waals surface area contributed by atoms with E-state index < -0.39 is 0 Å². The van der Waals surface area contributed by atoms with E-state index in [1.165, 1.54) is 50.6 Å². The third kappa shape index (κ3) is 4.47. The molecule has 1 amide bonds. The van der Waals surface area contributed by atoms with E-state index in [1.807, 2.05) is 30.3 Å². The fourth-order valence-corrected chi connectivity index (χ4v) is 5.16. The van der Waals surface area contributed by atoms with E-state index in [2.05, 4.69) is 41.4 Å². The van der Waals surface area contributed by atoms with Crippen molar-refractivity contribution < 1.29 is 4.79 Å². The maximum absolute atomic E-state index is 12.3. The molecule has 0 spiro atoms. The molecule has 3 atom stereocenters. The van der Waals surface area contributed by atoms with Crippen LogP contribution in [0.5, 0.6) is 0 Å². The van der Waals surface area contributed by atoms with Crippen molar-refractivity contribution in [3.8, 4) is 0 Å². The Morgan fingerprint density at radius 2 is 1.82 bits per heavy atom. The molecule has 1 saturated heterocycles. The minimum absolute atomic E-state index is 0.0412. The van der Waals surface area contributed by atoms with Gasteiger partial charge in [-0.15, -0.1) is 0 Å². The summed E-state index contributed by atoms with van der Waals surface area (Å²) in [6, 6.07) is 20.0. The first-order valence-electron chi connectivity index (χ1n) is 10.9. The number of likely N-dealkylation sites (tertiary alicyclic amines) is 1. The van der Waals surface area contributed by atoms with Crippen LogP contribution in [0.3, 0.4) is 0 Å². The summed E-state index contributed by atoms with van der Waals surface area (Å²) in [5.41, 5.74) is 3.36. The summed E-state index contributed by atoms with van der Waals surface area (Å²) in [6.07, 6.45) is 8.37. The molecular weight excluding hydrogens is 344 g/mol. The van der Waals surface area contributed by atoms with Gasteiger partial charge in [0.2, 0.25) is 5.91 Å². The predicted octanol–water partition coefficient (Wildman–Crippen LogP) is 5.38. The monoisotopic (exact) mass is 376 g/mol. The summed E-state index contributed by atoms with van der Waals surface area (Å²) >= 11 is 0. The number of benzene rings is 2. The summed E-state index contributed by atoms with van der Waals surface area (Å²) in [5, 5.41) is 3.03. The zero-order valence-corrected chi connectivity index (χ0v) is 16.9. The van der Waals surface area contributed by atoms with Gasteiger partial charge in [-0.2, -0.15) is 0 Å². The van der Waals surface area contributed by atoms with Gasteiger partial charge in [-0.1, -0.05) is 49.4 Å². The van der Waals surface area contributed by atoms with Crippen molar-refractivity contribution in [1.82, 2.24) is 4.90 Å². The van der Waals surface area contributed by atoms with Gasteiger partial charge >= 0.3 is 0 Å². The second-order valence-electron chi connectivity index (χ2n) is 8.44. The molecule has 0 radical (unpaired) electrons. The molecule has 1 aliphatic carbocycles. The SMILES string of the molecule is CCC1CCCN1C1CC[C@H](c2ccc(NC(=O)Cc3ccccc3)cc2)C1. The second-order valence-corrected chi connectivity index (χ2v) is 8.44. The molecule has 1 heterocycles. The van der Waals surface area contributed by atoms with Crippen molar-refractivity contribution in [2.75, 3.05) is 11.9 Å². The highest BCUT2D eigenvalue weighted by atomic mass is 16.1. The molecule has 3 heteroatoms. The normalized spacial score (nSPS) is 25.1. The van der Waals surface area contributed by atoms with E-state index in [-0.39, 0.29) is 5.91 Å². The van der Waals surface area contributed by atoms with Gasteiger partial charge in [-0.25, -0.2) is 0 Å². The molecule has 0 aromatic heterocycles. The zero-order chi connectivity index (χ0) is 19.3. The van der Waals surface area contributed by atoms with E-state index in [9.17, 15) is 4.79 Å². The topological polar surface area (TPSA) is 32.3 Å². The number of hydrogen-bond donors (Lipinski definition) is 1. The zero-order valence-electron chi connectivity index (χ0n) is 16.9. The Kier molecular flexibility index (Phi) is 6.11. The molecule has 2 aliphatic rings. The third-order valence-electron chi connectivity index (χ3n) is 6.64. The lowest BCUT2D eigenvalue weighted by Crippen LogP contribution is -2.37. The van der Waals surface area contributed by atoms with Crippen LogP contribution in [0.2, 0.25) is 0 Å². The number of nitrogens with zero attached hydrogens (tertiary/aromatic N) is 1. The predicted molar refractivity (Wildman–Crippen MR) is 116 cm³/mol. The summed E-state index contributed by atoms with van der Waals surface area (Å²) in [7, 11) is 0. The van der Waals surface area contributed by atoms with Gasteiger partial charge in [0, 0.05) is 17.8 Å². The largest absolute Gasteiger partial charge is 0.326 e. The van der Waals surface area contributed by atoms with Crippen molar-refractivity contribution in [1.29, 1.82) is 0 Å². The third-order valence-corrected chi connectivity index (χ3v) is 6.64. The molecule has 2 aromatic rings. The molecule has 1 saturated carbocycles. The van der Waals surface area contributed by atoms with E-state index in [4.69, 9.17) is 0 Å². The lowest BCUT2D eigenvalue weighted by molar-refractivity contribution is -0.115. The van der Waals surface area contributed by atoms with Crippen molar-refractivity contribution in [3.05, 3.63) is 65.7 Å². The molecule has 4 rings (SSSR count). The summed E-state index contributed by atoms with van der Waals surface area (Å²) in [6.45, 7) is 3.63. The Bertz CT molecular complexity index is 771. The Hall–Kier alpha value is -2.13. The van der Waals surface area contributed by atoms with Crippen LogP contribution in [-0.2, 0) is 11.2 Å². The first-order chi connectivity index (χ1) is 13.7. The van der Waals surface area contributed by atoms with Crippen LogP contribution in [0.4, 0.5) is 5.69 Å². The van der Waals surface area contributed by atoms with Crippen molar-refractivity contribution >= 4 is 11.6 Å². The standard InChI is InChI=1S/C25H32N2O/c1-2-23-9-6-16-27(23)24-15-12-21(18-24)20-10-13-22(14-11-20)26-25(28)17-19-7-4-3-5-8-19/h3-5,7-8,10-11,13-14,21,23-24H,2,6,9,12,15-18H2,1H3,(H,26,28)/t21-,23?,24?/m0/s1. The van der Waals surface area contributed by atoms with Crippen molar-refractivity contribution in [2.24, 2.45) is 0 Å². The summed E-state index contributed by atoms with van der Waals surface area (Å²) < 4.78 is 0. The molecule has 28 heavy (non-hydrogen) atoms. The molecule has 1 aliphatic heterocycles. The van der Waals surface area contributed by atoms with Crippen LogP contribution in [0.25, 0.3) is 0 Å². The molecule has 2 unspecified atom stereocenters. The van der Waals surface area contributed by atoms with Crippen molar-refractivity contribution in [2.45, 2.75) is 69.9 Å². The number of rotatable bonds is 6. The van der Waals surface area contributed by atoms with Crippen LogP contribution in [0.15, 0.2) is 54.6 Å². The summed E-state index contributed by atoms with van der Waals surface area (Å²) in [5.74, 6) is 0.705. The van der Waals surface area contributed by atoms with E-state index >= 15 is 0 Å². The molecule has 0 bridgehead atoms. The van der Waals surface area contributed by atoms with Crippen molar-refractivity contribution in [3.63, 3.8) is 0 Å².